The highest BCUT2D eigenvalue weighted by molar-refractivity contribution is 8.00. The lowest BCUT2D eigenvalue weighted by atomic mass is 10.3. The minimum absolute atomic E-state index is 0.0725. The maximum atomic E-state index is 12.0. The summed E-state index contributed by atoms with van der Waals surface area (Å²) < 4.78 is 2.29. The topological polar surface area (TPSA) is 59.8 Å². The van der Waals surface area contributed by atoms with Gasteiger partial charge in [0, 0.05) is 18.0 Å². The number of amides is 1. The van der Waals surface area contributed by atoms with Crippen molar-refractivity contribution in [2.75, 3.05) is 0 Å². The molecule has 0 aromatic carbocycles. The highest BCUT2D eigenvalue weighted by Crippen LogP contribution is 2.46. The Morgan fingerprint density at radius 1 is 1.25 bits per heavy atom. The second-order valence-electron chi connectivity index (χ2n) is 6.14. The van der Waals surface area contributed by atoms with E-state index in [4.69, 9.17) is 0 Å². The number of rotatable bonds is 6. The number of carbonyl (C=O) groups excluding carboxylic acids is 1. The number of hydrogen-bond donors (Lipinski definition) is 1. The van der Waals surface area contributed by atoms with Crippen molar-refractivity contribution in [2.45, 2.75) is 74.9 Å². The molecular weight excluding hydrogens is 272 g/mol. The van der Waals surface area contributed by atoms with Crippen LogP contribution in [-0.4, -0.2) is 32.0 Å². The predicted octanol–water partition coefficient (Wildman–Crippen LogP) is 2.50. The molecule has 1 aromatic rings. The van der Waals surface area contributed by atoms with Crippen LogP contribution in [0.3, 0.4) is 0 Å². The molecule has 2 aliphatic rings. The zero-order chi connectivity index (χ0) is 14.3. The number of hydrogen-bond acceptors (Lipinski definition) is 4. The van der Waals surface area contributed by atoms with Crippen LogP contribution < -0.4 is 5.32 Å². The molecule has 0 unspecified atom stereocenters. The van der Waals surface area contributed by atoms with E-state index in [2.05, 4.69) is 20.1 Å². The summed E-state index contributed by atoms with van der Waals surface area (Å²) in [5.41, 5.74) is 0. The molecule has 1 amide bonds. The molecule has 0 saturated heterocycles. The zero-order valence-corrected chi connectivity index (χ0v) is 13.1. The molecule has 1 aromatic heterocycles. The molecule has 2 saturated carbocycles. The van der Waals surface area contributed by atoms with E-state index in [1.165, 1.54) is 37.4 Å². The summed E-state index contributed by atoms with van der Waals surface area (Å²) in [5, 5.41) is 12.4. The zero-order valence-electron chi connectivity index (χ0n) is 12.3. The lowest BCUT2D eigenvalue weighted by Crippen LogP contribution is -2.36. The van der Waals surface area contributed by atoms with Gasteiger partial charge in [0.1, 0.15) is 5.82 Å². The van der Waals surface area contributed by atoms with Gasteiger partial charge in [0.05, 0.1) is 5.25 Å². The van der Waals surface area contributed by atoms with Gasteiger partial charge in [-0.05, 0) is 46.5 Å². The Balaban J connectivity index is 1.72. The van der Waals surface area contributed by atoms with Crippen LogP contribution >= 0.6 is 11.8 Å². The monoisotopic (exact) mass is 294 g/mol. The van der Waals surface area contributed by atoms with Gasteiger partial charge in [-0.2, -0.15) is 0 Å². The second kappa shape index (κ2) is 5.39. The van der Waals surface area contributed by atoms with Gasteiger partial charge in [-0.3, -0.25) is 4.79 Å². The van der Waals surface area contributed by atoms with Crippen molar-refractivity contribution in [3.63, 3.8) is 0 Å². The SMILES string of the molecule is CC(C)NC(=O)[C@H](C)Sc1nnc(C2CC2)n1C1CC1. The van der Waals surface area contributed by atoms with E-state index in [0.717, 1.165) is 11.0 Å². The van der Waals surface area contributed by atoms with E-state index in [0.29, 0.717) is 12.0 Å². The summed E-state index contributed by atoms with van der Waals surface area (Å²) >= 11 is 1.53. The number of carbonyl (C=O) groups is 1. The fourth-order valence-corrected chi connectivity index (χ4v) is 3.21. The maximum Gasteiger partial charge on any atom is 0.233 e. The summed E-state index contributed by atoms with van der Waals surface area (Å²) in [6, 6.07) is 0.748. The lowest BCUT2D eigenvalue weighted by molar-refractivity contribution is -0.120. The Morgan fingerprint density at radius 3 is 2.50 bits per heavy atom. The van der Waals surface area contributed by atoms with Crippen molar-refractivity contribution >= 4 is 17.7 Å². The van der Waals surface area contributed by atoms with Gasteiger partial charge in [0.2, 0.25) is 5.91 Å². The average Bonchev–Trinajstić information content (AvgIpc) is 3.28. The normalized spacial score (nSPS) is 20.2. The van der Waals surface area contributed by atoms with Crippen molar-refractivity contribution in [1.82, 2.24) is 20.1 Å². The first-order valence-electron chi connectivity index (χ1n) is 7.48. The molecule has 2 aliphatic carbocycles. The van der Waals surface area contributed by atoms with Crippen LogP contribution in [0.25, 0.3) is 0 Å². The molecule has 110 valence electrons. The van der Waals surface area contributed by atoms with Gasteiger partial charge >= 0.3 is 0 Å². The fourth-order valence-electron chi connectivity index (χ4n) is 2.28. The number of thioether (sulfide) groups is 1. The first-order chi connectivity index (χ1) is 9.56. The average molecular weight is 294 g/mol. The van der Waals surface area contributed by atoms with Crippen LogP contribution in [0.5, 0.6) is 0 Å². The maximum absolute atomic E-state index is 12.0. The number of aromatic nitrogens is 3. The van der Waals surface area contributed by atoms with Crippen molar-refractivity contribution in [2.24, 2.45) is 0 Å². The van der Waals surface area contributed by atoms with Crippen LogP contribution in [0.1, 0.15) is 64.2 Å². The largest absolute Gasteiger partial charge is 0.353 e. The predicted molar refractivity (Wildman–Crippen MR) is 78.9 cm³/mol. The van der Waals surface area contributed by atoms with Gasteiger partial charge in [-0.1, -0.05) is 11.8 Å². The Labute approximate surface area is 123 Å². The minimum Gasteiger partial charge on any atom is -0.353 e. The van der Waals surface area contributed by atoms with Gasteiger partial charge in [0.25, 0.3) is 0 Å². The second-order valence-corrected chi connectivity index (χ2v) is 7.45. The third kappa shape index (κ3) is 3.00. The molecule has 3 rings (SSSR count). The van der Waals surface area contributed by atoms with E-state index < -0.39 is 0 Å². The van der Waals surface area contributed by atoms with Gasteiger partial charge < -0.3 is 9.88 Å². The molecule has 0 radical (unpaired) electrons. The fraction of sp³-hybridized carbons (Fsp3) is 0.786. The molecule has 0 aliphatic heterocycles. The summed E-state index contributed by atoms with van der Waals surface area (Å²) in [5.74, 6) is 1.83. The Hall–Kier alpha value is -1.04. The molecule has 6 heteroatoms. The van der Waals surface area contributed by atoms with E-state index in [1.807, 2.05) is 20.8 Å². The Morgan fingerprint density at radius 2 is 1.95 bits per heavy atom. The Kier molecular flexibility index (Phi) is 3.75. The van der Waals surface area contributed by atoms with E-state index in [9.17, 15) is 4.79 Å². The molecule has 1 heterocycles. The molecule has 2 fully saturated rings. The van der Waals surface area contributed by atoms with E-state index >= 15 is 0 Å². The van der Waals surface area contributed by atoms with Crippen molar-refractivity contribution in [1.29, 1.82) is 0 Å². The first kappa shape index (κ1) is 13.9. The highest BCUT2D eigenvalue weighted by atomic mass is 32.2. The molecule has 0 spiro atoms. The molecule has 1 N–H and O–H groups in total. The summed E-state index contributed by atoms with van der Waals surface area (Å²) in [7, 11) is 0. The standard InChI is InChI=1S/C14H22N4OS/c1-8(2)15-13(19)9(3)20-14-17-16-12(10-4-5-10)18(14)11-6-7-11/h8-11H,4-7H2,1-3H3,(H,15,19)/t9-/m0/s1. The quantitative estimate of drug-likeness (QED) is 0.819. The summed E-state index contributed by atoms with van der Waals surface area (Å²) in [6.45, 7) is 5.89. The molecular formula is C14H22N4OS. The molecule has 5 nitrogen and oxygen atoms in total. The van der Waals surface area contributed by atoms with Crippen LogP contribution in [0.2, 0.25) is 0 Å². The smallest absolute Gasteiger partial charge is 0.233 e. The van der Waals surface area contributed by atoms with Gasteiger partial charge in [0.15, 0.2) is 5.16 Å². The van der Waals surface area contributed by atoms with Gasteiger partial charge in [-0.15, -0.1) is 10.2 Å². The number of nitrogens with one attached hydrogen (secondary N) is 1. The van der Waals surface area contributed by atoms with Crippen molar-refractivity contribution in [3.05, 3.63) is 5.82 Å². The van der Waals surface area contributed by atoms with E-state index in [1.54, 1.807) is 0 Å². The highest BCUT2D eigenvalue weighted by Gasteiger charge is 2.37. The molecule has 0 bridgehead atoms. The van der Waals surface area contributed by atoms with Crippen LogP contribution in [0, 0.1) is 0 Å². The minimum atomic E-state index is -0.133. The van der Waals surface area contributed by atoms with E-state index in [-0.39, 0.29) is 17.2 Å². The van der Waals surface area contributed by atoms with Gasteiger partial charge in [-0.25, -0.2) is 0 Å². The number of nitrogens with zero attached hydrogens (tertiary/aromatic N) is 3. The summed E-state index contributed by atoms with van der Waals surface area (Å²) in [6.07, 6.45) is 4.91. The molecule has 20 heavy (non-hydrogen) atoms. The first-order valence-corrected chi connectivity index (χ1v) is 8.36. The van der Waals surface area contributed by atoms with Crippen molar-refractivity contribution in [3.8, 4) is 0 Å². The third-order valence-corrected chi connectivity index (χ3v) is 4.68. The van der Waals surface area contributed by atoms with Crippen LogP contribution in [-0.2, 0) is 4.79 Å². The van der Waals surface area contributed by atoms with Crippen LogP contribution in [0.4, 0.5) is 0 Å². The van der Waals surface area contributed by atoms with Crippen molar-refractivity contribution < 1.29 is 4.79 Å². The summed E-state index contributed by atoms with van der Waals surface area (Å²) in [4.78, 5) is 12.0. The Bertz CT molecular complexity index is 505. The third-order valence-electron chi connectivity index (χ3n) is 3.63. The lowest BCUT2D eigenvalue weighted by Gasteiger charge is -2.14. The van der Waals surface area contributed by atoms with Crippen LogP contribution in [0.15, 0.2) is 5.16 Å². The molecule has 1 atom stereocenters.